The molecule has 1 spiro atoms. The summed E-state index contributed by atoms with van der Waals surface area (Å²) in [6, 6.07) is 63.7. The van der Waals surface area contributed by atoms with Crippen LogP contribution in [-0.4, -0.2) is 19.9 Å². The van der Waals surface area contributed by atoms with Gasteiger partial charge < -0.3 is 4.74 Å². The molecule has 2 aromatic heterocycles. The summed E-state index contributed by atoms with van der Waals surface area (Å²) in [5.41, 5.74) is 14.0. The Balaban J connectivity index is 1.06. The van der Waals surface area contributed by atoms with Crippen LogP contribution in [0, 0.1) is 0 Å². The zero-order valence-corrected chi connectivity index (χ0v) is 30.2. The van der Waals surface area contributed by atoms with Crippen LogP contribution in [0.15, 0.2) is 194 Å². The van der Waals surface area contributed by atoms with Gasteiger partial charge in [-0.2, -0.15) is 0 Å². The fourth-order valence-corrected chi connectivity index (χ4v) is 8.56. The van der Waals surface area contributed by atoms with Crippen molar-refractivity contribution in [1.29, 1.82) is 0 Å². The summed E-state index contributed by atoms with van der Waals surface area (Å²) in [6.45, 7) is 0. The maximum Gasteiger partial charge on any atom is 0.164 e. The van der Waals surface area contributed by atoms with Crippen LogP contribution in [0.1, 0.15) is 22.3 Å². The van der Waals surface area contributed by atoms with Gasteiger partial charge >= 0.3 is 0 Å². The predicted molar refractivity (Wildman–Crippen MR) is 222 cm³/mol. The first kappa shape index (κ1) is 32.0. The Morgan fingerprint density at radius 1 is 0.321 bits per heavy atom. The van der Waals surface area contributed by atoms with E-state index in [9.17, 15) is 0 Å². The first-order valence-corrected chi connectivity index (χ1v) is 18.8. The number of rotatable bonds is 5. The lowest BCUT2D eigenvalue weighted by Crippen LogP contribution is -2.32. The summed E-state index contributed by atoms with van der Waals surface area (Å²) in [6.07, 6.45) is 3.71. The van der Waals surface area contributed by atoms with Crippen molar-refractivity contribution in [2.24, 2.45) is 0 Å². The van der Waals surface area contributed by atoms with Gasteiger partial charge in [-0.25, -0.2) is 15.0 Å². The zero-order chi connectivity index (χ0) is 37.1. The predicted octanol–water partition coefficient (Wildman–Crippen LogP) is 12.1. The first-order chi connectivity index (χ1) is 27.7. The Labute approximate surface area is 324 Å². The molecule has 56 heavy (non-hydrogen) atoms. The topological polar surface area (TPSA) is 60.8 Å². The van der Waals surface area contributed by atoms with E-state index in [-0.39, 0.29) is 0 Å². The smallest absolute Gasteiger partial charge is 0.164 e. The molecular formula is C51H32N4O. The minimum absolute atomic E-state index is 0.541. The van der Waals surface area contributed by atoms with Crippen molar-refractivity contribution in [3.05, 3.63) is 217 Å². The summed E-state index contributed by atoms with van der Waals surface area (Å²) < 4.78 is 6.57. The van der Waals surface area contributed by atoms with E-state index < -0.39 is 5.41 Å². The third-order valence-electron chi connectivity index (χ3n) is 11.1. The molecule has 0 amide bonds. The lowest BCUT2D eigenvalue weighted by atomic mass is 9.66. The number of ether oxygens (including phenoxy) is 1. The van der Waals surface area contributed by atoms with E-state index in [4.69, 9.17) is 19.7 Å². The van der Waals surface area contributed by atoms with Gasteiger partial charge in [0.15, 0.2) is 17.5 Å². The Hall–Kier alpha value is -7.50. The van der Waals surface area contributed by atoms with Crippen LogP contribution >= 0.6 is 0 Å². The zero-order valence-electron chi connectivity index (χ0n) is 30.2. The molecule has 0 atom stereocenters. The van der Waals surface area contributed by atoms with E-state index in [1.165, 1.54) is 22.3 Å². The Morgan fingerprint density at radius 3 is 1.21 bits per heavy atom. The Kier molecular flexibility index (Phi) is 7.32. The van der Waals surface area contributed by atoms with Gasteiger partial charge in [-0.15, -0.1) is 0 Å². The van der Waals surface area contributed by atoms with Crippen LogP contribution in [0.25, 0.3) is 67.5 Å². The number of hydrogen-bond acceptors (Lipinski definition) is 5. The molecule has 5 heteroatoms. The largest absolute Gasteiger partial charge is 0.457 e. The highest BCUT2D eigenvalue weighted by Crippen LogP contribution is 2.62. The number of fused-ring (bicyclic) bond motifs is 9. The van der Waals surface area contributed by atoms with Crippen molar-refractivity contribution in [3.63, 3.8) is 0 Å². The van der Waals surface area contributed by atoms with Crippen LogP contribution in [0.4, 0.5) is 0 Å². The summed E-state index contributed by atoms with van der Waals surface area (Å²) in [7, 11) is 0. The summed E-state index contributed by atoms with van der Waals surface area (Å²) in [4.78, 5) is 19.1. The molecule has 3 heterocycles. The number of hydrogen-bond donors (Lipinski definition) is 0. The van der Waals surface area contributed by atoms with Crippen molar-refractivity contribution in [3.8, 4) is 79.0 Å². The standard InChI is InChI=1S/C51H32N4O/c1-3-11-35(12-4-1)48-53-49(36-13-5-2-6-14-36)55-50(54-48)37-21-19-33(20-22-37)38-23-25-42-40(31-38)41-32-39(34-27-29-52-30-28-34)24-26-43(41)51(42)44-15-7-9-17-46(44)56-47-18-10-8-16-45(47)51/h1-32H. The van der Waals surface area contributed by atoms with Gasteiger partial charge in [-0.1, -0.05) is 146 Å². The summed E-state index contributed by atoms with van der Waals surface area (Å²) >= 11 is 0. The van der Waals surface area contributed by atoms with Crippen molar-refractivity contribution >= 4 is 0 Å². The molecule has 2 aliphatic rings. The minimum atomic E-state index is -0.541. The third kappa shape index (κ3) is 5.02. The molecule has 7 aromatic carbocycles. The van der Waals surface area contributed by atoms with Gasteiger partial charge in [0.05, 0.1) is 5.41 Å². The summed E-state index contributed by atoms with van der Waals surface area (Å²) in [5.74, 6) is 3.69. The highest BCUT2D eigenvalue weighted by atomic mass is 16.5. The van der Waals surface area contributed by atoms with Gasteiger partial charge in [0.1, 0.15) is 11.5 Å². The number of pyridine rings is 1. The quantitative estimate of drug-likeness (QED) is 0.177. The average molecular weight is 717 g/mol. The number of nitrogens with zero attached hydrogens (tertiary/aromatic N) is 4. The minimum Gasteiger partial charge on any atom is -0.457 e. The van der Waals surface area contributed by atoms with Crippen LogP contribution in [0.2, 0.25) is 0 Å². The summed E-state index contributed by atoms with van der Waals surface area (Å²) in [5, 5.41) is 0. The Bertz CT molecular complexity index is 2830. The fraction of sp³-hybridized carbons (Fsp3) is 0.0196. The molecule has 1 aliphatic carbocycles. The van der Waals surface area contributed by atoms with E-state index in [0.717, 1.165) is 61.6 Å². The number of benzene rings is 7. The van der Waals surface area contributed by atoms with Crippen LogP contribution in [0.3, 0.4) is 0 Å². The molecule has 9 aromatic rings. The molecule has 5 nitrogen and oxygen atoms in total. The Morgan fingerprint density at radius 2 is 0.714 bits per heavy atom. The molecule has 0 radical (unpaired) electrons. The van der Waals surface area contributed by atoms with E-state index in [1.807, 2.05) is 73.1 Å². The van der Waals surface area contributed by atoms with Crippen LogP contribution < -0.4 is 4.74 Å². The van der Waals surface area contributed by atoms with Crippen molar-refractivity contribution in [1.82, 2.24) is 19.9 Å². The molecule has 262 valence electrons. The normalized spacial score (nSPS) is 12.9. The van der Waals surface area contributed by atoms with Gasteiger partial charge in [-0.3, -0.25) is 4.98 Å². The van der Waals surface area contributed by atoms with Gasteiger partial charge in [0.2, 0.25) is 0 Å². The third-order valence-corrected chi connectivity index (χ3v) is 11.1. The molecule has 0 bridgehead atoms. The van der Waals surface area contributed by atoms with Gasteiger partial charge in [0.25, 0.3) is 0 Å². The van der Waals surface area contributed by atoms with E-state index >= 15 is 0 Å². The van der Waals surface area contributed by atoms with E-state index in [2.05, 4.69) is 126 Å². The lowest BCUT2D eigenvalue weighted by molar-refractivity contribution is 0.436. The number of aromatic nitrogens is 4. The maximum atomic E-state index is 6.57. The SMILES string of the molecule is c1ccc(-c2nc(-c3ccccc3)nc(-c3ccc(-c4ccc5c(c4)-c4cc(-c6ccncc6)ccc4C54c5ccccc5Oc5ccccc54)cc3)n2)cc1. The average Bonchev–Trinajstić information content (AvgIpc) is 3.56. The van der Waals surface area contributed by atoms with Crippen molar-refractivity contribution in [2.45, 2.75) is 5.41 Å². The number of para-hydroxylation sites is 2. The highest BCUT2D eigenvalue weighted by molar-refractivity contribution is 5.92. The molecule has 0 saturated heterocycles. The molecular weight excluding hydrogens is 685 g/mol. The molecule has 0 N–H and O–H groups in total. The van der Waals surface area contributed by atoms with E-state index in [0.29, 0.717) is 17.5 Å². The first-order valence-electron chi connectivity index (χ1n) is 18.8. The molecule has 0 unspecified atom stereocenters. The van der Waals surface area contributed by atoms with Crippen molar-refractivity contribution < 1.29 is 4.74 Å². The van der Waals surface area contributed by atoms with Crippen molar-refractivity contribution in [2.75, 3.05) is 0 Å². The van der Waals surface area contributed by atoms with Crippen LogP contribution in [-0.2, 0) is 5.41 Å². The highest BCUT2D eigenvalue weighted by Gasteiger charge is 2.51. The van der Waals surface area contributed by atoms with Crippen LogP contribution in [0.5, 0.6) is 11.5 Å². The van der Waals surface area contributed by atoms with Gasteiger partial charge in [0, 0.05) is 40.2 Å². The molecule has 0 saturated carbocycles. The fourth-order valence-electron chi connectivity index (χ4n) is 8.56. The second-order valence-electron chi connectivity index (χ2n) is 14.2. The van der Waals surface area contributed by atoms with E-state index in [1.54, 1.807) is 0 Å². The monoisotopic (exact) mass is 716 g/mol. The molecule has 11 rings (SSSR count). The second-order valence-corrected chi connectivity index (χ2v) is 14.2. The van der Waals surface area contributed by atoms with Gasteiger partial charge in [-0.05, 0) is 80.9 Å². The lowest BCUT2D eigenvalue weighted by Gasteiger charge is -2.39. The molecule has 0 fully saturated rings. The second kappa shape index (κ2) is 12.8. The molecule has 1 aliphatic heterocycles. The maximum absolute atomic E-state index is 6.57.